The molecule has 1 fully saturated rings. The van der Waals surface area contributed by atoms with Crippen LogP contribution in [-0.2, 0) is 0 Å². The molecule has 0 bridgehead atoms. The van der Waals surface area contributed by atoms with Gasteiger partial charge in [-0.1, -0.05) is 0 Å². The van der Waals surface area contributed by atoms with Crippen LogP contribution < -0.4 is 10.6 Å². The predicted molar refractivity (Wildman–Crippen MR) is 76.2 cm³/mol. The minimum atomic E-state index is 0.713. The first-order chi connectivity index (χ1) is 8.84. The van der Waals surface area contributed by atoms with E-state index in [2.05, 4.69) is 32.9 Å². The van der Waals surface area contributed by atoms with E-state index in [4.69, 9.17) is 0 Å². The fraction of sp³-hybridized carbons (Fsp3) is 0.538. The molecule has 3 heterocycles. The van der Waals surface area contributed by atoms with Crippen LogP contribution in [0.25, 0.3) is 10.2 Å². The van der Waals surface area contributed by atoms with E-state index in [9.17, 15) is 0 Å². The van der Waals surface area contributed by atoms with Crippen molar-refractivity contribution in [2.24, 2.45) is 5.92 Å². The van der Waals surface area contributed by atoms with E-state index in [1.807, 2.05) is 0 Å². The van der Waals surface area contributed by atoms with Crippen molar-refractivity contribution in [3.63, 3.8) is 0 Å². The Hall–Kier alpha value is -1.20. The lowest BCUT2D eigenvalue weighted by atomic mass is 10.00. The summed E-state index contributed by atoms with van der Waals surface area (Å²) >= 11 is 1.72. The second-order valence-corrected chi connectivity index (χ2v) is 5.79. The van der Waals surface area contributed by atoms with Crippen LogP contribution >= 0.6 is 11.3 Å². The largest absolute Gasteiger partial charge is 0.368 e. The smallest absolute Gasteiger partial charge is 0.147 e. The first-order valence-electron chi connectivity index (χ1n) is 6.48. The Labute approximate surface area is 111 Å². The van der Waals surface area contributed by atoms with E-state index in [0.717, 1.165) is 24.4 Å². The van der Waals surface area contributed by atoms with Crippen LogP contribution in [0, 0.1) is 12.8 Å². The highest BCUT2D eigenvalue weighted by Gasteiger charge is 2.14. The van der Waals surface area contributed by atoms with Crippen LogP contribution in [0.2, 0.25) is 0 Å². The molecule has 0 spiro atoms. The second kappa shape index (κ2) is 5.20. The van der Waals surface area contributed by atoms with Gasteiger partial charge in [0, 0.05) is 6.54 Å². The lowest BCUT2D eigenvalue weighted by molar-refractivity contribution is 0.393. The minimum Gasteiger partial charge on any atom is -0.368 e. The van der Waals surface area contributed by atoms with E-state index in [1.54, 1.807) is 17.7 Å². The molecule has 4 nitrogen and oxygen atoms in total. The van der Waals surface area contributed by atoms with Crippen molar-refractivity contribution in [3.05, 3.63) is 17.3 Å². The van der Waals surface area contributed by atoms with Crippen molar-refractivity contribution in [1.29, 1.82) is 0 Å². The molecule has 1 unspecified atom stereocenters. The molecule has 0 amide bonds. The third-order valence-electron chi connectivity index (χ3n) is 3.49. The summed E-state index contributed by atoms with van der Waals surface area (Å²) in [6.45, 7) is 5.37. The highest BCUT2D eigenvalue weighted by Crippen LogP contribution is 2.28. The van der Waals surface area contributed by atoms with Crippen LogP contribution in [-0.4, -0.2) is 29.6 Å². The summed E-state index contributed by atoms with van der Waals surface area (Å²) in [6, 6.07) is 0. The van der Waals surface area contributed by atoms with Gasteiger partial charge in [0.05, 0.1) is 10.2 Å². The number of nitrogens with one attached hydrogen (secondary N) is 2. The molecule has 1 saturated heterocycles. The predicted octanol–water partition coefficient (Wildman–Crippen LogP) is 2.41. The molecule has 1 aliphatic heterocycles. The zero-order valence-corrected chi connectivity index (χ0v) is 11.4. The van der Waals surface area contributed by atoms with Gasteiger partial charge in [0.15, 0.2) is 0 Å². The van der Waals surface area contributed by atoms with Crippen molar-refractivity contribution in [1.82, 2.24) is 15.3 Å². The summed E-state index contributed by atoms with van der Waals surface area (Å²) in [5, 5.41) is 9.08. The van der Waals surface area contributed by atoms with Gasteiger partial charge >= 0.3 is 0 Å². The summed E-state index contributed by atoms with van der Waals surface area (Å²) in [5.74, 6) is 1.70. The Morgan fingerprint density at radius 1 is 1.50 bits per heavy atom. The van der Waals surface area contributed by atoms with E-state index >= 15 is 0 Å². The number of rotatable bonds is 3. The maximum Gasteiger partial charge on any atom is 0.147 e. The standard InChI is InChI=1S/C13H18N4S/c1-9-7-18-12-11(9)16-8-17-13(12)15-6-10-3-2-4-14-5-10/h7-8,10,14H,2-6H2,1H3,(H,15,16,17). The molecule has 0 radical (unpaired) electrons. The molecule has 0 saturated carbocycles. The van der Waals surface area contributed by atoms with E-state index in [1.165, 1.54) is 29.6 Å². The molecule has 96 valence electrons. The molecule has 0 aliphatic carbocycles. The van der Waals surface area contributed by atoms with E-state index < -0.39 is 0 Å². The summed E-state index contributed by atoms with van der Waals surface area (Å²) in [7, 11) is 0. The zero-order valence-electron chi connectivity index (χ0n) is 10.6. The van der Waals surface area contributed by atoms with Crippen LogP contribution in [0.1, 0.15) is 18.4 Å². The Morgan fingerprint density at radius 2 is 2.44 bits per heavy atom. The van der Waals surface area contributed by atoms with E-state index in [-0.39, 0.29) is 0 Å². The number of thiophene rings is 1. The minimum absolute atomic E-state index is 0.713. The highest BCUT2D eigenvalue weighted by molar-refractivity contribution is 7.18. The number of hydrogen-bond donors (Lipinski definition) is 2. The normalized spacial score (nSPS) is 20.2. The quantitative estimate of drug-likeness (QED) is 0.892. The van der Waals surface area contributed by atoms with Crippen molar-refractivity contribution >= 4 is 27.4 Å². The molecule has 3 rings (SSSR count). The van der Waals surface area contributed by atoms with E-state index in [0.29, 0.717) is 5.92 Å². The van der Waals surface area contributed by atoms with Crippen LogP contribution in [0.4, 0.5) is 5.82 Å². The van der Waals surface area contributed by atoms with Crippen molar-refractivity contribution < 1.29 is 0 Å². The van der Waals surface area contributed by atoms with Gasteiger partial charge in [-0.05, 0) is 49.7 Å². The Morgan fingerprint density at radius 3 is 3.28 bits per heavy atom. The summed E-state index contributed by atoms with van der Waals surface area (Å²) in [4.78, 5) is 8.72. The first-order valence-corrected chi connectivity index (χ1v) is 7.36. The number of aryl methyl sites for hydroxylation is 1. The van der Waals surface area contributed by atoms with Gasteiger partial charge in [0.1, 0.15) is 12.1 Å². The van der Waals surface area contributed by atoms with Crippen molar-refractivity contribution in [3.8, 4) is 0 Å². The number of anilines is 1. The maximum atomic E-state index is 4.37. The van der Waals surface area contributed by atoms with Crippen LogP contribution in [0.5, 0.6) is 0 Å². The Kier molecular flexibility index (Phi) is 3.43. The molecule has 0 aromatic carbocycles. The Balaban J connectivity index is 1.74. The number of fused-ring (bicyclic) bond motifs is 1. The zero-order chi connectivity index (χ0) is 12.4. The van der Waals surface area contributed by atoms with Gasteiger partial charge < -0.3 is 10.6 Å². The lowest BCUT2D eigenvalue weighted by Gasteiger charge is -2.23. The molecular weight excluding hydrogens is 244 g/mol. The summed E-state index contributed by atoms with van der Waals surface area (Å²) in [5.41, 5.74) is 2.32. The maximum absolute atomic E-state index is 4.37. The first kappa shape index (κ1) is 11.9. The number of hydrogen-bond acceptors (Lipinski definition) is 5. The molecule has 2 N–H and O–H groups in total. The number of piperidine rings is 1. The lowest BCUT2D eigenvalue weighted by Crippen LogP contribution is -2.33. The highest BCUT2D eigenvalue weighted by atomic mass is 32.1. The molecular formula is C13H18N4S. The molecule has 1 aliphatic rings. The van der Waals surface area contributed by atoms with Crippen molar-refractivity contribution in [2.45, 2.75) is 19.8 Å². The van der Waals surface area contributed by atoms with Crippen LogP contribution in [0.15, 0.2) is 11.7 Å². The molecule has 1 atom stereocenters. The van der Waals surface area contributed by atoms with Crippen molar-refractivity contribution in [2.75, 3.05) is 25.0 Å². The molecule has 18 heavy (non-hydrogen) atoms. The van der Waals surface area contributed by atoms with Gasteiger partial charge in [-0.2, -0.15) is 0 Å². The monoisotopic (exact) mass is 262 g/mol. The SMILES string of the molecule is Cc1csc2c(NCC3CCCNC3)ncnc12. The number of aromatic nitrogens is 2. The summed E-state index contributed by atoms with van der Waals surface area (Å²) < 4.78 is 1.18. The second-order valence-electron chi connectivity index (χ2n) is 4.91. The fourth-order valence-corrected chi connectivity index (χ4v) is 3.40. The average molecular weight is 262 g/mol. The van der Waals surface area contributed by atoms with Gasteiger partial charge in [0.25, 0.3) is 0 Å². The molecule has 2 aromatic heterocycles. The molecule has 2 aromatic rings. The average Bonchev–Trinajstić information content (AvgIpc) is 2.80. The fourth-order valence-electron chi connectivity index (χ4n) is 2.43. The van der Waals surface area contributed by atoms with Gasteiger partial charge in [-0.15, -0.1) is 11.3 Å². The number of nitrogens with zero attached hydrogens (tertiary/aromatic N) is 2. The topological polar surface area (TPSA) is 49.8 Å². The van der Waals surface area contributed by atoms with Crippen LogP contribution in [0.3, 0.4) is 0 Å². The molecule has 5 heteroatoms. The van der Waals surface area contributed by atoms with Gasteiger partial charge in [0.2, 0.25) is 0 Å². The summed E-state index contributed by atoms with van der Waals surface area (Å²) in [6.07, 6.45) is 4.24. The third kappa shape index (κ3) is 2.33. The third-order valence-corrected chi connectivity index (χ3v) is 4.58. The Bertz CT molecular complexity index is 531. The van der Waals surface area contributed by atoms with Gasteiger partial charge in [-0.25, -0.2) is 9.97 Å². The van der Waals surface area contributed by atoms with Gasteiger partial charge in [-0.3, -0.25) is 0 Å².